The molecule has 2 N–H and O–H groups in total. The van der Waals surface area contributed by atoms with Gasteiger partial charge in [0.05, 0.1) is 24.8 Å². The maximum atomic E-state index is 10.1. The quantitative estimate of drug-likeness (QED) is 0.854. The van der Waals surface area contributed by atoms with Gasteiger partial charge in [-0.2, -0.15) is 5.26 Å². The molecule has 108 valence electrons. The fourth-order valence-electron chi connectivity index (χ4n) is 1.99. The molecular formula is C17H18N2O2. The predicted octanol–water partition coefficient (Wildman–Crippen LogP) is 2.39. The van der Waals surface area contributed by atoms with Crippen molar-refractivity contribution in [3.8, 4) is 11.8 Å². The lowest BCUT2D eigenvalue weighted by atomic mass is 10.1. The normalized spacial score (nSPS) is 11.7. The Bertz CT molecular complexity index is 600. The van der Waals surface area contributed by atoms with Gasteiger partial charge in [-0.15, -0.1) is 0 Å². The minimum absolute atomic E-state index is 0.465. The molecule has 0 saturated carbocycles. The summed E-state index contributed by atoms with van der Waals surface area (Å²) in [4.78, 5) is 0. The number of aliphatic hydroxyl groups excluding tert-OH is 1. The van der Waals surface area contributed by atoms with Gasteiger partial charge in [-0.25, -0.2) is 0 Å². The third-order valence-corrected chi connectivity index (χ3v) is 3.25. The molecule has 0 spiro atoms. The van der Waals surface area contributed by atoms with E-state index >= 15 is 0 Å². The zero-order chi connectivity index (χ0) is 15.1. The van der Waals surface area contributed by atoms with E-state index in [0.29, 0.717) is 18.7 Å². The van der Waals surface area contributed by atoms with Crippen molar-refractivity contribution in [2.24, 2.45) is 0 Å². The summed E-state index contributed by atoms with van der Waals surface area (Å²) in [5.74, 6) is 0.775. The molecule has 0 saturated heterocycles. The van der Waals surface area contributed by atoms with Crippen LogP contribution in [0.5, 0.6) is 5.75 Å². The van der Waals surface area contributed by atoms with Crippen molar-refractivity contribution in [1.29, 1.82) is 5.26 Å². The van der Waals surface area contributed by atoms with Crippen LogP contribution >= 0.6 is 0 Å². The van der Waals surface area contributed by atoms with E-state index in [1.54, 1.807) is 19.2 Å². The van der Waals surface area contributed by atoms with Crippen molar-refractivity contribution in [3.63, 3.8) is 0 Å². The number of nitrogens with one attached hydrogen (secondary N) is 1. The molecule has 4 heteroatoms. The Hall–Kier alpha value is -2.35. The summed E-state index contributed by atoms with van der Waals surface area (Å²) in [6.45, 7) is 1.12. The van der Waals surface area contributed by atoms with Crippen molar-refractivity contribution in [2.45, 2.75) is 12.6 Å². The standard InChI is InChI=1S/C17H18N2O2/c1-21-16-8-6-15(7-9-16)17(20)12-19-11-14-4-2-13(10-18)3-5-14/h2-9,17,19-20H,11-12H2,1H3. The number of ether oxygens (including phenoxy) is 1. The van der Waals surface area contributed by atoms with Gasteiger partial charge in [0.1, 0.15) is 5.75 Å². The summed E-state index contributed by atoms with van der Waals surface area (Å²) >= 11 is 0. The topological polar surface area (TPSA) is 65.3 Å². The first kappa shape index (κ1) is 15.0. The minimum Gasteiger partial charge on any atom is -0.497 e. The Balaban J connectivity index is 1.82. The van der Waals surface area contributed by atoms with Crippen LogP contribution in [0.1, 0.15) is 22.8 Å². The molecule has 21 heavy (non-hydrogen) atoms. The van der Waals surface area contributed by atoms with Crippen LogP contribution in [0.4, 0.5) is 0 Å². The van der Waals surface area contributed by atoms with E-state index in [1.165, 1.54) is 0 Å². The maximum Gasteiger partial charge on any atom is 0.118 e. The van der Waals surface area contributed by atoms with Gasteiger partial charge in [-0.1, -0.05) is 24.3 Å². The maximum absolute atomic E-state index is 10.1. The summed E-state index contributed by atoms with van der Waals surface area (Å²) in [6, 6.07) is 16.9. The third-order valence-electron chi connectivity index (χ3n) is 3.25. The van der Waals surface area contributed by atoms with Crippen LogP contribution in [0, 0.1) is 11.3 Å². The average Bonchev–Trinajstić information content (AvgIpc) is 2.55. The predicted molar refractivity (Wildman–Crippen MR) is 80.8 cm³/mol. The van der Waals surface area contributed by atoms with Gasteiger partial charge in [-0.3, -0.25) is 0 Å². The molecule has 1 atom stereocenters. The van der Waals surface area contributed by atoms with Gasteiger partial charge in [0.2, 0.25) is 0 Å². The van der Waals surface area contributed by atoms with Crippen LogP contribution in [0.2, 0.25) is 0 Å². The summed E-state index contributed by atoms with van der Waals surface area (Å²) < 4.78 is 5.09. The molecule has 0 heterocycles. The summed E-state index contributed by atoms with van der Waals surface area (Å²) in [5, 5.41) is 22.0. The molecule has 0 aromatic heterocycles. The molecule has 0 bridgehead atoms. The smallest absolute Gasteiger partial charge is 0.118 e. The minimum atomic E-state index is -0.561. The molecule has 0 radical (unpaired) electrons. The lowest BCUT2D eigenvalue weighted by Gasteiger charge is -2.13. The van der Waals surface area contributed by atoms with E-state index in [2.05, 4.69) is 11.4 Å². The van der Waals surface area contributed by atoms with E-state index < -0.39 is 6.10 Å². The van der Waals surface area contributed by atoms with Crippen molar-refractivity contribution in [2.75, 3.05) is 13.7 Å². The molecule has 0 fully saturated rings. The van der Waals surface area contributed by atoms with Crippen LogP contribution in [0.3, 0.4) is 0 Å². The molecule has 0 aliphatic carbocycles. The van der Waals surface area contributed by atoms with Crippen LogP contribution in [0.15, 0.2) is 48.5 Å². The van der Waals surface area contributed by atoms with Crippen molar-refractivity contribution in [3.05, 3.63) is 65.2 Å². The molecule has 2 rings (SSSR count). The van der Waals surface area contributed by atoms with Crippen LogP contribution < -0.4 is 10.1 Å². The highest BCUT2D eigenvalue weighted by atomic mass is 16.5. The Morgan fingerprint density at radius 3 is 2.38 bits per heavy atom. The summed E-state index contributed by atoms with van der Waals surface area (Å²) in [7, 11) is 1.62. The van der Waals surface area contributed by atoms with Crippen LogP contribution in [0.25, 0.3) is 0 Å². The molecule has 2 aromatic carbocycles. The highest BCUT2D eigenvalue weighted by Gasteiger charge is 2.07. The zero-order valence-corrected chi connectivity index (χ0v) is 11.9. The first-order chi connectivity index (χ1) is 10.2. The van der Waals surface area contributed by atoms with Crippen molar-refractivity contribution in [1.82, 2.24) is 5.32 Å². The third kappa shape index (κ3) is 4.32. The highest BCUT2D eigenvalue weighted by Crippen LogP contribution is 2.17. The van der Waals surface area contributed by atoms with Crippen LogP contribution in [-0.2, 0) is 6.54 Å². The van der Waals surface area contributed by atoms with Gasteiger partial charge < -0.3 is 15.2 Å². The SMILES string of the molecule is COc1ccc(C(O)CNCc2ccc(C#N)cc2)cc1. The second-order valence-electron chi connectivity index (χ2n) is 4.73. The van der Waals surface area contributed by atoms with E-state index in [-0.39, 0.29) is 0 Å². The lowest BCUT2D eigenvalue weighted by molar-refractivity contribution is 0.174. The number of nitrogens with zero attached hydrogens (tertiary/aromatic N) is 1. The van der Waals surface area contributed by atoms with E-state index in [4.69, 9.17) is 10.00 Å². The Labute approximate surface area is 124 Å². The Morgan fingerprint density at radius 1 is 1.14 bits per heavy atom. The van der Waals surface area contributed by atoms with E-state index in [1.807, 2.05) is 36.4 Å². The molecule has 0 aliphatic heterocycles. The van der Waals surface area contributed by atoms with E-state index in [9.17, 15) is 5.11 Å². The lowest BCUT2D eigenvalue weighted by Crippen LogP contribution is -2.21. The number of benzene rings is 2. The monoisotopic (exact) mass is 282 g/mol. The molecule has 0 aliphatic rings. The van der Waals surface area contributed by atoms with Crippen LogP contribution in [-0.4, -0.2) is 18.8 Å². The summed E-state index contributed by atoms with van der Waals surface area (Å²) in [6.07, 6.45) is -0.561. The molecule has 1 unspecified atom stereocenters. The van der Waals surface area contributed by atoms with Gasteiger partial charge in [-0.05, 0) is 35.4 Å². The van der Waals surface area contributed by atoms with Crippen molar-refractivity contribution >= 4 is 0 Å². The highest BCUT2D eigenvalue weighted by molar-refractivity contribution is 5.31. The number of rotatable bonds is 6. The molecular weight excluding hydrogens is 264 g/mol. The van der Waals surface area contributed by atoms with E-state index in [0.717, 1.165) is 16.9 Å². The second-order valence-corrected chi connectivity index (χ2v) is 4.73. The van der Waals surface area contributed by atoms with Crippen molar-refractivity contribution < 1.29 is 9.84 Å². The number of aliphatic hydroxyl groups is 1. The Morgan fingerprint density at radius 2 is 1.81 bits per heavy atom. The Kier molecular flexibility index (Phi) is 5.33. The average molecular weight is 282 g/mol. The number of hydrogen-bond donors (Lipinski definition) is 2. The second kappa shape index (κ2) is 7.44. The van der Waals surface area contributed by atoms with Gasteiger partial charge in [0, 0.05) is 13.1 Å². The molecule has 4 nitrogen and oxygen atoms in total. The van der Waals surface area contributed by atoms with Gasteiger partial charge in [0.25, 0.3) is 0 Å². The molecule has 2 aromatic rings. The van der Waals surface area contributed by atoms with Gasteiger partial charge >= 0.3 is 0 Å². The zero-order valence-electron chi connectivity index (χ0n) is 11.9. The number of methoxy groups -OCH3 is 1. The number of nitriles is 1. The first-order valence-corrected chi connectivity index (χ1v) is 6.74. The summed E-state index contributed by atoms with van der Waals surface area (Å²) in [5.41, 5.74) is 2.58. The number of hydrogen-bond acceptors (Lipinski definition) is 4. The fourth-order valence-corrected chi connectivity index (χ4v) is 1.99. The largest absolute Gasteiger partial charge is 0.497 e. The first-order valence-electron chi connectivity index (χ1n) is 6.74. The fraction of sp³-hybridized carbons (Fsp3) is 0.235. The van der Waals surface area contributed by atoms with Gasteiger partial charge in [0.15, 0.2) is 0 Å². The molecule has 0 amide bonds.